The molecule has 13 rings (SSSR count). The fourth-order valence-electron chi connectivity index (χ4n) is 9.15. The van der Waals surface area contributed by atoms with Crippen LogP contribution in [0.1, 0.15) is 0 Å². The molecule has 0 atom stereocenters. The van der Waals surface area contributed by atoms with E-state index in [4.69, 9.17) is 0 Å². The predicted molar refractivity (Wildman–Crippen MR) is 255 cm³/mol. The Morgan fingerprint density at radius 1 is 0.310 bits per heavy atom. The van der Waals surface area contributed by atoms with Gasteiger partial charge in [0.1, 0.15) is 5.00 Å². The Bertz CT molecular complexity index is 3750. The normalized spacial score (nSPS) is 12.1. The van der Waals surface area contributed by atoms with Gasteiger partial charge in [0.25, 0.3) is 0 Å². The molecule has 6 aromatic heterocycles. The molecule has 0 aliphatic heterocycles. The molecule has 0 saturated carbocycles. The zero-order valence-corrected chi connectivity index (χ0v) is 34.1. The van der Waals surface area contributed by atoms with Gasteiger partial charge in [-0.05, 0) is 104 Å². The number of hydrogen-bond donors (Lipinski definition) is 0. The van der Waals surface area contributed by atoms with E-state index in [1.165, 1.54) is 110 Å². The summed E-state index contributed by atoms with van der Waals surface area (Å²) < 4.78 is 5.05. The summed E-state index contributed by atoms with van der Waals surface area (Å²) >= 11 is 7.44. The summed E-state index contributed by atoms with van der Waals surface area (Å²) in [5.74, 6) is 0. The number of para-hydroxylation sites is 2. The van der Waals surface area contributed by atoms with Gasteiger partial charge < -0.3 is 4.57 Å². The maximum Gasteiger partial charge on any atom is 0.101 e. The van der Waals surface area contributed by atoms with Crippen molar-refractivity contribution in [1.29, 1.82) is 0 Å². The van der Waals surface area contributed by atoms with Gasteiger partial charge in [0.15, 0.2) is 0 Å². The van der Waals surface area contributed by atoms with E-state index >= 15 is 0 Å². The minimum absolute atomic E-state index is 1.16. The molecule has 0 N–H and O–H groups in total. The molecule has 0 spiro atoms. The van der Waals surface area contributed by atoms with Crippen molar-refractivity contribution in [2.45, 2.75) is 0 Å². The van der Waals surface area contributed by atoms with Crippen LogP contribution in [-0.4, -0.2) is 9.13 Å². The maximum absolute atomic E-state index is 2.53. The van der Waals surface area contributed by atoms with Gasteiger partial charge in [-0.3, -0.25) is 4.57 Å². The van der Waals surface area contributed by atoms with Crippen molar-refractivity contribution < 1.29 is 0 Å². The summed E-state index contributed by atoms with van der Waals surface area (Å²) in [7, 11) is 0. The van der Waals surface area contributed by atoms with E-state index in [1.807, 2.05) is 34.0 Å². The highest BCUT2D eigenvalue weighted by molar-refractivity contribution is 7.28. The largest absolute Gasteiger partial charge is 0.307 e. The van der Waals surface area contributed by atoms with Crippen LogP contribution >= 0.6 is 45.3 Å². The zero-order chi connectivity index (χ0) is 37.9. The maximum atomic E-state index is 2.53. The summed E-state index contributed by atoms with van der Waals surface area (Å²) in [5.41, 5.74) is 6.06. The highest BCUT2D eigenvalue weighted by Crippen LogP contribution is 2.46. The number of thiophene rings is 4. The lowest BCUT2D eigenvalue weighted by Crippen LogP contribution is -1.97. The second-order valence-electron chi connectivity index (χ2n) is 14.9. The molecule has 0 fully saturated rings. The fourth-order valence-corrected chi connectivity index (χ4v) is 13.2. The second-order valence-corrected chi connectivity index (χ2v) is 19.0. The number of hydrogen-bond acceptors (Lipinski definition) is 4. The third kappa shape index (κ3) is 4.81. The predicted octanol–water partition coefficient (Wildman–Crippen LogP) is 16.6. The van der Waals surface area contributed by atoms with Gasteiger partial charge in [0, 0.05) is 56.5 Å². The van der Waals surface area contributed by atoms with Crippen LogP contribution in [0.2, 0.25) is 0 Å². The molecule has 58 heavy (non-hydrogen) atoms. The molecule has 0 aliphatic carbocycles. The summed E-state index contributed by atoms with van der Waals surface area (Å²) in [6.45, 7) is 0. The van der Waals surface area contributed by atoms with Gasteiger partial charge in [-0.25, -0.2) is 0 Å². The molecule has 0 saturated heterocycles. The van der Waals surface area contributed by atoms with Crippen LogP contribution in [0, 0.1) is 0 Å². The fraction of sp³-hybridized carbons (Fsp3) is 0. The number of aromatic nitrogens is 2. The van der Waals surface area contributed by atoms with Crippen molar-refractivity contribution in [3.05, 3.63) is 181 Å². The van der Waals surface area contributed by atoms with Crippen molar-refractivity contribution in [3.8, 4) is 40.0 Å². The van der Waals surface area contributed by atoms with Crippen LogP contribution < -0.4 is 0 Å². The number of benzene rings is 7. The van der Waals surface area contributed by atoms with Crippen LogP contribution in [0.3, 0.4) is 0 Å². The first kappa shape index (κ1) is 32.8. The van der Waals surface area contributed by atoms with Gasteiger partial charge in [-0.1, -0.05) is 109 Å². The molecule has 0 aliphatic rings. The number of fused-ring (bicyclic) bond motifs is 12. The first-order chi connectivity index (χ1) is 28.7. The van der Waals surface area contributed by atoms with Crippen molar-refractivity contribution in [2.75, 3.05) is 0 Å². The van der Waals surface area contributed by atoms with Crippen molar-refractivity contribution in [3.63, 3.8) is 0 Å². The highest BCUT2D eigenvalue weighted by Gasteiger charge is 2.22. The molecule has 272 valence electrons. The average molecular weight is 811 g/mol. The Morgan fingerprint density at radius 2 is 0.828 bits per heavy atom. The monoisotopic (exact) mass is 810 g/mol. The summed E-state index contributed by atoms with van der Waals surface area (Å²) in [6, 6.07) is 65.5. The molecule has 6 heteroatoms. The van der Waals surface area contributed by atoms with Crippen LogP contribution in [0.15, 0.2) is 181 Å². The standard InChI is InChI=1S/C52H30N2S4/c1-2-9-34-31(8-1)16-20-36-35(34)19-17-32-15-18-33(30-41(32)36)53-42-12-5-3-10-37(42)39-21-22-40-38-11-4-6-13-43(38)54(52(40)51(39)53)50-28-27-49(58-50)48-26-25-47(57-48)46-24-23-45(56-46)44-14-7-29-55-44/h1-30H. The van der Waals surface area contributed by atoms with E-state index in [0.29, 0.717) is 0 Å². The molecular formula is C52H30N2S4. The molecule has 2 nitrogen and oxygen atoms in total. The molecule has 0 bridgehead atoms. The Hall–Kier alpha value is -6.28. The smallest absolute Gasteiger partial charge is 0.101 e. The molecule has 0 amide bonds. The van der Waals surface area contributed by atoms with E-state index in [0.717, 1.165) is 5.69 Å². The average Bonchev–Trinajstić information content (AvgIpc) is 4.13. The van der Waals surface area contributed by atoms with Gasteiger partial charge >= 0.3 is 0 Å². The third-order valence-electron chi connectivity index (χ3n) is 11.7. The van der Waals surface area contributed by atoms with Gasteiger partial charge in [-0.2, -0.15) is 0 Å². The van der Waals surface area contributed by atoms with Crippen LogP contribution in [0.25, 0.3) is 116 Å². The highest BCUT2D eigenvalue weighted by atomic mass is 32.1. The molecular weight excluding hydrogens is 781 g/mol. The number of nitrogens with zero attached hydrogens (tertiary/aromatic N) is 2. The van der Waals surface area contributed by atoms with Crippen molar-refractivity contribution in [1.82, 2.24) is 9.13 Å². The molecule has 13 aromatic rings. The van der Waals surface area contributed by atoms with Crippen LogP contribution in [0.4, 0.5) is 0 Å². The van der Waals surface area contributed by atoms with Gasteiger partial charge in [-0.15, -0.1) is 45.3 Å². The second kappa shape index (κ2) is 12.6. The zero-order valence-electron chi connectivity index (χ0n) is 30.8. The minimum atomic E-state index is 1.16. The third-order valence-corrected chi connectivity index (χ3v) is 16.4. The van der Waals surface area contributed by atoms with E-state index < -0.39 is 0 Å². The van der Waals surface area contributed by atoms with Gasteiger partial charge in [0.2, 0.25) is 0 Å². The van der Waals surface area contributed by atoms with E-state index in [-0.39, 0.29) is 0 Å². The Kier molecular flexibility index (Phi) is 7.12. The SMILES string of the molecule is c1csc(-c2ccc(-c3ccc(-c4ccc(-n5c6ccccc6c6ccc7c8ccccc8n(-c8ccc9ccc%10c%11ccccc%11ccc%10c9c8)c7c65)s4)s3)s2)c1. The molecule has 0 radical (unpaired) electrons. The van der Waals surface area contributed by atoms with Crippen LogP contribution in [0.5, 0.6) is 0 Å². The van der Waals surface area contributed by atoms with E-state index in [2.05, 4.69) is 190 Å². The molecule has 6 heterocycles. The van der Waals surface area contributed by atoms with E-state index in [9.17, 15) is 0 Å². The lowest BCUT2D eigenvalue weighted by molar-refractivity contribution is 1.17. The minimum Gasteiger partial charge on any atom is -0.307 e. The number of rotatable bonds is 5. The first-order valence-corrected chi connectivity index (χ1v) is 22.7. The van der Waals surface area contributed by atoms with Crippen molar-refractivity contribution >= 4 is 121 Å². The molecule has 7 aromatic carbocycles. The lowest BCUT2D eigenvalue weighted by atomic mass is 9.97. The summed E-state index contributed by atoms with van der Waals surface area (Å²) in [4.78, 5) is 7.89. The quantitative estimate of drug-likeness (QED) is 0.153. The van der Waals surface area contributed by atoms with Crippen LogP contribution in [-0.2, 0) is 0 Å². The Labute approximate surface area is 349 Å². The molecule has 0 unspecified atom stereocenters. The lowest BCUT2D eigenvalue weighted by Gasteiger charge is -2.13. The topological polar surface area (TPSA) is 9.86 Å². The summed E-state index contributed by atoms with van der Waals surface area (Å²) in [5, 5.41) is 16.1. The summed E-state index contributed by atoms with van der Waals surface area (Å²) in [6.07, 6.45) is 0. The van der Waals surface area contributed by atoms with Crippen molar-refractivity contribution in [2.24, 2.45) is 0 Å². The van der Waals surface area contributed by atoms with Gasteiger partial charge in [0.05, 0.1) is 22.1 Å². The Balaban J connectivity index is 1.03. The van der Waals surface area contributed by atoms with E-state index in [1.54, 1.807) is 11.3 Å². The first-order valence-electron chi connectivity index (χ1n) is 19.4. The Morgan fingerprint density at radius 3 is 1.52 bits per heavy atom.